The number of benzene rings is 2. The average Bonchev–Trinajstić information content (AvgIpc) is 4.08. The summed E-state index contributed by atoms with van der Waals surface area (Å²) in [7, 11) is 2.56. The van der Waals surface area contributed by atoms with Gasteiger partial charge in [0.25, 0.3) is 0 Å². The van der Waals surface area contributed by atoms with E-state index in [1.165, 1.54) is 14.2 Å². The molecule has 3 aliphatic heterocycles. The lowest BCUT2D eigenvalue weighted by atomic mass is 10.0. The number of aromatic amines is 2. The molecule has 5 heterocycles. The van der Waals surface area contributed by atoms with Crippen molar-refractivity contribution in [2.45, 2.75) is 109 Å². The van der Waals surface area contributed by atoms with Crippen LogP contribution in [-0.2, 0) is 28.5 Å². The Morgan fingerprint density at radius 2 is 1.15 bits per heavy atom. The molecule has 2 aromatic carbocycles. The summed E-state index contributed by atoms with van der Waals surface area (Å²) < 4.78 is 22.4. The van der Waals surface area contributed by atoms with Gasteiger partial charge in [0.15, 0.2) is 5.79 Å². The van der Waals surface area contributed by atoms with Gasteiger partial charge < -0.3 is 49.3 Å². The monoisotopic (exact) mass is 838 g/mol. The highest BCUT2D eigenvalue weighted by atomic mass is 16.7. The van der Waals surface area contributed by atoms with Crippen molar-refractivity contribution < 1.29 is 38.1 Å². The Morgan fingerprint density at radius 3 is 1.61 bits per heavy atom. The van der Waals surface area contributed by atoms with Crippen LogP contribution in [0.1, 0.15) is 91.0 Å². The van der Waals surface area contributed by atoms with E-state index in [1.54, 1.807) is 22.2 Å². The Morgan fingerprint density at radius 1 is 0.705 bits per heavy atom. The van der Waals surface area contributed by atoms with Gasteiger partial charge in [0, 0.05) is 13.0 Å². The summed E-state index contributed by atoms with van der Waals surface area (Å²) in [5.74, 6) is -0.423. The fraction of sp³-hybridized carbons (Fsp3) is 0.511. The van der Waals surface area contributed by atoms with Crippen LogP contribution in [0.15, 0.2) is 60.9 Å². The summed E-state index contributed by atoms with van der Waals surface area (Å²) in [6, 6.07) is 14.2. The summed E-state index contributed by atoms with van der Waals surface area (Å²) in [5, 5.41) is 5.41. The van der Waals surface area contributed by atoms with Gasteiger partial charge in [-0.3, -0.25) is 9.59 Å². The van der Waals surface area contributed by atoms with Gasteiger partial charge in [0.1, 0.15) is 23.7 Å². The minimum Gasteiger partial charge on any atom is -0.453 e. The standard InChI is InChI=1S/C45H58N8O8/c1-25(2)37(50-43(56)58-7)41(54)52-19-9-10-35(52)39-46-22-33(48-39)31-15-11-29(12-16-31)30-13-17-32(18-14-30)34-23-47-40(49-34)36-21-45(60-27(5)20-28(6)61-45)24-53(36)42(55)38(26(3)4)51-44(57)59-8/h11-18,22-23,25-28,35-38H,9-10,19-21,24H2,1-8H3,(H,46,48)(H,47,49)(H,50,56)(H,51,57)/t27-,28-,35?,36-,37-,38-/m0/s1. The zero-order valence-electron chi connectivity index (χ0n) is 36.2. The van der Waals surface area contributed by atoms with Crippen molar-refractivity contribution in [2.75, 3.05) is 27.3 Å². The lowest BCUT2D eigenvalue weighted by Gasteiger charge is -2.40. The average molecular weight is 839 g/mol. The number of nitrogens with zero attached hydrogens (tertiary/aromatic N) is 4. The number of carbonyl (C=O) groups is 4. The predicted molar refractivity (Wildman–Crippen MR) is 227 cm³/mol. The number of likely N-dealkylation sites (tertiary alicyclic amines) is 2. The van der Waals surface area contributed by atoms with Crippen LogP contribution in [0.5, 0.6) is 0 Å². The minimum absolute atomic E-state index is 0.0526. The second-order valence-electron chi connectivity index (χ2n) is 17.1. The van der Waals surface area contributed by atoms with Crippen LogP contribution in [-0.4, -0.2) is 111 Å². The number of alkyl carbamates (subject to hydrolysis) is 2. The van der Waals surface area contributed by atoms with Gasteiger partial charge in [-0.1, -0.05) is 76.2 Å². The number of carbonyl (C=O) groups excluding carboxylic acids is 4. The molecule has 0 aliphatic carbocycles. The van der Waals surface area contributed by atoms with Crippen LogP contribution < -0.4 is 10.6 Å². The molecule has 16 nitrogen and oxygen atoms in total. The first kappa shape index (κ1) is 43.4. The molecule has 6 atom stereocenters. The number of methoxy groups -OCH3 is 2. The molecule has 4 amide bonds. The van der Waals surface area contributed by atoms with Gasteiger partial charge in [0.05, 0.1) is 68.8 Å². The first-order valence-corrected chi connectivity index (χ1v) is 21.2. The molecular weight excluding hydrogens is 781 g/mol. The first-order chi connectivity index (χ1) is 29.2. The summed E-state index contributed by atoms with van der Waals surface area (Å²) in [6.07, 6.45) is 4.90. The fourth-order valence-corrected chi connectivity index (χ4v) is 8.87. The highest BCUT2D eigenvalue weighted by Gasteiger charge is 2.54. The fourth-order valence-electron chi connectivity index (χ4n) is 8.87. The van der Waals surface area contributed by atoms with E-state index in [4.69, 9.17) is 23.9 Å². The lowest BCUT2D eigenvalue weighted by Crippen LogP contribution is -2.53. The summed E-state index contributed by atoms with van der Waals surface area (Å²) >= 11 is 0. The molecule has 16 heteroatoms. The van der Waals surface area contributed by atoms with Crippen LogP contribution in [0.4, 0.5) is 9.59 Å². The Labute approximate surface area is 356 Å². The van der Waals surface area contributed by atoms with Crippen molar-refractivity contribution in [3.63, 3.8) is 0 Å². The Balaban J connectivity index is 1.05. The van der Waals surface area contributed by atoms with Crippen molar-refractivity contribution in [1.82, 2.24) is 40.4 Å². The number of nitrogens with one attached hydrogen (secondary N) is 4. The molecule has 326 valence electrons. The van der Waals surface area contributed by atoms with Crippen molar-refractivity contribution >= 4 is 24.0 Å². The van der Waals surface area contributed by atoms with Crippen LogP contribution in [0.2, 0.25) is 0 Å². The van der Waals surface area contributed by atoms with E-state index in [9.17, 15) is 19.2 Å². The van der Waals surface area contributed by atoms with Gasteiger partial charge in [-0.2, -0.15) is 0 Å². The van der Waals surface area contributed by atoms with Crippen LogP contribution in [0.3, 0.4) is 0 Å². The zero-order chi connectivity index (χ0) is 43.6. The van der Waals surface area contributed by atoms with E-state index >= 15 is 0 Å². The zero-order valence-corrected chi connectivity index (χ0v) is 36.2. The summed E-state index contributed by atoms with van der Waals surface area (Å²) in [5.41, 5.74) is 5.59. The van der Waals surface area contributed by atoms with Gasteiger partial charge in [-0.15, -0.1) is 0 Å². The highest BCUT2D eigenvalue weighted by molar-refractivity contribution is 5.87. The van der Waals surface area contributed by atoms with Crippen LogP contribution >= 0.6 is 0 Å². The Hall–Kier alpha value is -5.74. The van der Waals surface area contributed by atoms with E-state index in [1.807, 2.05) is 65.8 Å². The van der Waals surface area contributed by atoms with Crippen molar-refractivity contribution in [2.24, 2.45) is 11.8 Å². The number of imidazole rings is 2. The van der Waals surface area contributed by atoms with E-state index in [0.29, 0.717) is 24.6 Å². The molecule has 0 saturated carbocycles. The predicted octanol–water partition coefficient (Wildman–Crippen LogP) is 6.74. The summed E-state index contributed by atoms with van der Waals surface area (Å²) in [6.45, 7) is 12.4. The maximum Gasteiger partial charge on any atom is 0.407 e. The summed E-state index contributed by atoms with van der Waals surface area (Å²) in [4.78, 5) is 71.9. The maximum absolute atomic E-state index is 14.2. The van der Waals surface area contributed by atoms with Gasteiger partial charge in [0.2, 0.25) is 11.8 Å². The van der Waals surface area contributed by atoms with Crippen LogP contribution in [0.25, 0.3) is 33.6 Å². The molecule has 0 bridgehead atoms. The molecule has 3 fully saturated rings. The van der Waals surface area contributed by atoms with E-state index in [-0.39, 0.29) is 48.4 Å². The number of hydrogen-bond acceptors (Lipinski definition) is 10. The molecule has 1 unspecified atom stereocenters. The molecule has 4 N–H and O–H groups in total. The van der Waals surface area contributed by atoms with Gasteiger partial charge >= 0.3 is 12.2 Å². The number of hydrogen-bond donors (Lipinski definition) is 4. The quantitative estimate of drug-likeness (QED) is 0.126. The second kappa shape index (κ2) is 18.1. The molecule has 61 heavy (non-hydrogen) atoms. The smallest absolute Gasteiger partial charge is 0.407 e. The second-order valence-corrected chi connectivity index (χ2v) is 17.1. The number of ether oxygens (including phenoxy) is 4. The molecule has 0 radical (unpaired) electrons. The normalized spacial score (nSPS) is 23.6. The molecule has 3 saturated heterocycles. The van der Waals surface area contributed by atoms with Gasteiger partial charge in [-0.25, -0.2) is 19.6 Å². The maximum atomic E-state index is 14.2. The number of amides is 4. The highest BCUT2D eigenvalue weighted by Crippen LogP contribution is 2.45. The van der Waals surface area contributed by atoms with E-state index in [0.717, 1.165) is 52.9 Å². The number of H-pyrrole nitrogens is 2. The first-order valence-electron chi connectivity index (χ1n) is 21.2. The third-order valence-electron chi connectivity index (χ3n) is 11.9. The lowest BCUT2D eigenvalue weighted by molar-refractivity contribution is -0.303. The third-order valence-corrected chi connectivity index (χ3v) is 11.9. The number of rotatable bonds is 11. The van der Waals surface area contributed by atoms with Crippen molar-refractivity contribution in [3.05, 3.63) is 72.6 Å². The third kappa shape index (κ3) is 9.30. The van der Waals surface area contributed by atoms with E-state index < -0.39 is 36.1 Å². The van der Waals surface area contributed by atoms with Crippen molar-refractivity contribution in [3.8, 4) is 33.6 Å². The minimum atomic E-state index is -1.01. The van der Waals surface area contributed by atoms with Crippen LogP contribution in [0, 0.1) is 11.8 Å². The molecule has 1 spiro atoms. The molecule has 2 aromatic heterocycles. The molecule has 7 rings (SSSR count). The van der Waals surface area contributed by atoms with Crippen molar-refractivity contribution in [1.29, 1.82) is 0 Å². The Bertz CT molecular complexity index is 2170. The largest absolute Gasteiger partial charge is 0.453 e. The Kier molecular flexibility index (Phi) is 12.9. The molecule has 4 aromatic rings. The van der Waals surface area contributed by atoms with Gasteiger partial charge in [-0.05, 0) is 67.2 Å². The molecule has 3 aliphatic rings. The topological polar surface area (TPSA) is 193 Å². The molecular formula is C45H58N8O8. The SMILES string of the molecule is COC(=O)N[C@H](C(=O)N1CCCC1c1ncc(-c2ccc(-c3ccc(-c4cnc([C@@H]5CC6(CN5C(=O)[C@@H](NC(=O)OC)C(C)C)O[C@@H](C)C[C@H](C)O6)[nH]4)cc3)cc2)[nH]1)C(C)C. The van der Waals surface area contributed by atoms with E-state index in [2.05, 4.69) is 49.9 Å². The number of aromatic nitrogens is 4.